The summed E-state index contributed by atoms with van der Waals surface area (Å²) in [6.45, 7) is 9.22. The highest BCUT2D eigenvalue weighted by Crippen LogP contribution is 2.57. The highest BCUT2D eigenvalue weighted by molar-refractivity contribution is 5.69. The minimum atomic E-state index is 0.139. The summed E-state index contributed by atoms with van der Waals surface area (Å²) in [6.07, 6.45) is 18.9. The van der Waals surface area contributed by atoms with E-state index in [1.165, 1.54) is 36.0 Å². The summed E-state index contributed by atoms with van der Waals surface area (Å²) in [6, 6.07) is 0. The van der Waals surface area contributed by atoms with Gasteiger partial charge >= 0.3 is 0 Å². The minimum Gasteiger partial charge on any atom is -0.402 e. The van der Waals surface area contributed by atoms with Gasteiger partial charge in [0.2, 0.25) is 0 Å². The van der Waals surface area contributed by atoms with Crippen molar-refractivity contribution in [3.63, 3.8) is 0 Å². The SMILES string of the molecule is C/C=C\CC1CC2C=C3C(=CC2=C(N)C1C)C1=C(C=CCC1)C3(C)C. The molecule has 2 N–H and O–H groups in total. The van der Waals surface area contributed by atoms with Crippen LogP contribution in [0.3, 0.4) is 0 Å². The Hall–Kier alpha value is -1.76. The van der Waals surface area contributed by atoms with Gasteiger partial charge in [0.15, 0.2) is 0 Å². The van der Waals surface area contributed by atoms with E-state index in [4.69, 9.17) is 5.73 Å². The topological polar surface area (TPSA) is 26.0 Å². The molecule has 3 unspecified atom stereocenters. The van der Waals surface area contributed by atoms with Crippen molar-refractivity contribution in [2.75, 3.05) is 0 Å². The van der Waals surface area contributed by atoms with Crippen LogP contribution in [0.5, 0.6) is 0 Å². The largest absolute Gasteiger partial charge is 0.402 e. The van der Waals surface area contributed by atoms with Gasteiger partial charge in [0, 0.05) is 17.0 Å². The molecule has 4 aliphatic rings. The summed E-state index contributed by atoms with van der Waals surface area (Å²) >= 11 is 0. The predicted molar refractivity (Wildman–Crippen MR) is 107 cm³/mol. The van der Waals surface area contributed by atoms with Gasteiger partial charge < -0.3 is 5.73 Å². The average molecular weight is 334 g/mol. The molecule has 1 nitrogen and oxygen atoms in total. The Kier molecular flexibility index (Phi) is 3.94. The molecular weight excluding hydrogens is 302 g/mol. The molecule has 25 heavy (non-hydrogen) atoms. The molecule has 0 radical (unpaired) electrons. The first-order valence-corrected chi connectivity index (χ1v) is 9.90. The molecule has 0 bridgehead atoms. The maximum Gasteiger partial charge on any atom is 0.0152 e. The number of hydrogen-bond acceptors (Lipinski definition) is 1. The highest BCUT2D eigenvalue weighted by Gasteiger charge is 2.43. The molecular formula is C24H31N. The van der Waals surface area contributed by atoms with E-state index in [0.717, 1.165) is 12.1 Å². The summed E-state index contributed by atoms with van der Waals surface area (Å²) in [5.41, 5.74) is 15.5. The molecule has 0 saturated carbocycles. The fourth-order valence-corrected chi connectivity index (χ4v) is 5.34. The maximum atomic E-state index is 6.67. The standard InChI is InChI=1S/C24H31N/c1-5-6-9-16-12-17-13-22-20(14-19(17)23(25)15(16)2)18-10-7-8-11-21(18)24(22,3)4/h5-6,8,11,13-17H,7,9-10,12,25H2,1-4H3/b6-5-. The Morgan fingerprint density at radius 2 is 2.12 bits per heavy atom. The van der Waals surface area contributed by atoms with Gasteiger partial charge in [-0.3, -0.25) is 0 Å². The van der Waals surface area contributed by atoms with Crippen molar-refractivity contribution in [1.29, 1.82) is 0 Å². The molecule has 0 aliphatic heterocycles. The van der Waals surface area contributed by atoms with Crippen LogP contribution in [0, 0.1) is 23.2 Å². The van der Waals surface area contributed by atoms with E-state index >= 15 is 0 Å². The van der Waals surface area contributed by atoms with E-state index in [2.05, 4.69) is 64.2 Å². The zero-order valence-electron chi connectivity index (χ0n) is 16.1. The summed E-state index contributed by atoms with van der Waals surface area (Å²) < 4.78 is 0. The number of rotatable bonds is 2. The molecule has 3 atom stereocenters. The number of hydrogen-bond donors (Lipinski definition) is 1. The quantitative estimate of drug-likeness (QED) is 0.617. The van der Waals surface area contributed by atoms with E-state index < -0.39 is 0 Å². The van der Waals surface area contributed by atoms with Crippen LogP contribution >= 0.6 is 0 Å². The summed E-state index contributed by atoms with van der Waals surface area (Å²) in [4.78, 5) is 0. The third-order valence-corrected chi connectivity index (χ3v) is 6.96. The van der Waals surface area contributed by atoms with E-state index in [0.29, 0.717) is 17.8 Å². The highest BCUT2D eigenvalue weighted by atomic mass is 14.6. The van der Waals surface area contributed by atoms with Crippen molar-refractivity contribution in [3.8, 4) is 0 Å². The third-order valence-electron chi connectivity index (χ3n) is 6.96. The predicted octanol–water partition coefficient (Wildman–Crippen LogP) is 5.99. The summed E-state index contributed by atoms with van der Waals surface area (Å²) in [5, 5.41) is 0. The van der Waals surface area contributed by atoms with Crippen molar-refractivity contribution in [2.45, 2.75) is 53.4 Å². The second-order valence-electron chi connectivity index (χ2n) is 8.70. The summed E-state index contributed by atoms with van der Waals surface area (Å²) in [5.74, 6) is 1.63. The molecule has 4 rings (SSSR count). The fraction of sp³-hybridized carbons (Fsp3) is 0.500. The zero-order chi connectivity index (χ0) is 17.8. The van der Waals surface area contributed by atoms with Crippen LogP contribution < -0.4 is 5.73 Å². The average Bonchev–Trinajstić information content (AvgIpc) is 2.83. The van der Waals surface area contributed by atoms with Gasteiger partial charge in [-0.25, -0.2) is 0 Å². The molecule has 1 heteroatoms. The smallest absolute Gasteiger partial charge is 0.0152 e. The van der Waals surface area contributed by atoms with Gasteiger partial charge in [-0.05, 0) is 78.4 Å². The van der Waals surface area contributed by atoms with Gasteiger partial charge in [0.05, 0.1) is 0 Å². The van der Waals surface area contributed by atoms with Crippen molar-refractivity contribution >= 4 is 0 Å². The first-order chi connectivity index (χ1) is 11.9. The Morgan fingerprint density at radius 1 is 1.32 bits per heavy atom. The summed E-state index contributed by atoms with van der Waals surface area (Å²) in [7, 11) is 0. The van der Waals surface area contributed by atoms with Crippen molar-refractivity contribution in [1.82, 2.24) is 0 Å². The molecule has 132 valence electrons. The van der Waals surface area contributed by atoms with Crippen LogP contribution in [-0.4, -0.2) is 0 Å². The van der Waals surface area contributed by atoms with Crippen LogP contribution in [0.1, 0.15) is 53.4 Å². The minimum absolute atomic E-state index is 0.139. The molecule has 0 aromatic heterocycles. The molecule has 0 amide bonds. The van der Waals surface area contributed by atoms with Crippen molar-refractivity contribution in [3.05, 3.63) is 70.0 Å². The molecule has 0 aromatic carbocycles. The normalized spacial score (nSPS) is 33.2. The number of allylic oxidation sites excluding steroid dienone is 12. The van der Waals surface area contributed by atoms with Crippen molar-refractivity contribution < 1.29 is 0 Å². The second-order valence-corrected chi connectivity index (χ2v) is 8.70. The molecule has 4 aliphatic carbocycles. The molecule has 0 aromatic rings. The first kappa shape index (κ1) is 16.7. The molecule has 0 saturated heterocycles. The van der Waals surface area contributed by atoms with Gasteiger partial charge in [-0.1, -0.05) is 51.2 Å². The van der Waals surface area contributed by atoms with E-state index in [-0.39, 0.29) is 5.41 Å². The van der Waals surface area contributed by atoms with Crippen LogP contribution in [-0.2, 0) is 0 Å². The maximum absolute atomic E-state index is 6.67. The third kappa shape index (κ3) is 2.43. The molecule has 0 heterocycles. The second kappa shape index (κ2) is 5.90. The van der Waals surface area contributed by atoms with Crippen LogP contribution in [0.4, 0.5) is 0 Å². The lowest BCUT2D eigenvalue weighted by atomic mass is 9.67. The Bertz CT molecular complexity index is 779. The van der Waals surface area contributed by atoms with E-state index in [1.54, 1.807) is 11.1 Å². The van der Waals surface area contributed by atoms with Crippen LogP contribution in [0.25, 0.3) is 0 Å². The lowest BCUT2D eigenvalue weighted by Gasteiger charge is -2.38. The van der Waals surface area contributed by atoms with Crippen molar-refractivity contribution in [2.24, 2.45) is 28.9 Å². The monoisotopic (exact) mass is 333 g/mol. The Balaban J connectivity index is 1.78. The van der Waals surface area contributed by atoms with Gasteiger partial charge in [-0.2, -0.15) is 0 Å². The fourth-order valence-electron chi connectivity index (χ4n) is 5.34. The van der Waals surface area contributed by atoms with Gasteiger partial charge in [0.1, 0.15) is 0 Å². The Labute approximate surface area is 152 Å². The lowest BCUT2D eigenvalue weighted by molar-refractivity contribution is 0.322. The molecule has 0 fully saturated rings. The number of nitrogens with two attached hydrogens (primary N) is 1. The van der Waals surface area contributed by atoms with E-state index in [9.17, 15) is 0 Å². The first-order valence-electron chi connectivity index (χ1n) is 9.90. The van der Waals surface area contributed by atoms with Gasteiger partial charge in [0.25, 0.3) is 0 Å². The Morgan fingerprint density at radius 3 is 2.88 bits per heavy atom. The molecule has 0 spiro atoms. The van der Waals surface area contributed by atoms with Crippen LogP contribution in [0.15, 0.2) is 70.0 Å². The number of fused-ring (bicyclic) bond motifs is 3. The van der Waals surface area contributed by atoms with E-state index in [1.807, 2.05) is 0 Å². The lowest BCUT2D eigenvalue weighted by Crippen LogP contribution is -2.31. The van der Waals surface area contributed by atoms with Crippen LogP contribution in [0.2, 0.25) is 0 Å². The van der Waals surface area contributed by atoms with Gasteiger partial charge in [-0.15, -0.1) is 0 Å². The zero-order valence-corrected chi connectivity index (χ0v) is 16.1.